The monoisotopic (exact) mass is 730 g/mol. The summed E-state index contributed by atoms with van der Waals surface area (Å²) in [5.41, 5.74) is 11.6. The minimum atomic E-state index is 0.570. The van der Waals surface area contributed by atoms with Crippen LogP contribution in [0.3, 0.4) is 0 Å². The van der Waals surface area contributed by atoms with Crippen molar-refractivity contribution in [2.45, 2.75) is 0 Å². The molecule has 0 fully saturated rings. The van der Waals surface area contributed by atoms with Crippen molar-refractivity contribution in [2.24, 2.45) is 0 Å². The molecule has 6 heteroatoms. The quantitative estimate of drug-likeness (QED) is 0.176. The topological polar surface area (TPSA) is 69.9 Å². The van der Waals surface area contributed by atoms with Crippen LogP contribution in [0.4, 0.5) is 0 Å². The minimum Gasteiger partial charge on any atom is -0.456 e. The summed E-state index contributed by atoms with van der Waals surface area (Å²) < 4.78 is 15.2. The molecule has 12 rings (SSSR count). The van der Waals surface area contributed by atoms with Gasteiger partial charge in [-0.25, -0.2) is 15.0 Å². The SMILES string of the molecule is c1ccc(-c2nc(-c3ccc4c(c3)oc3ccccc34)nc(-c3ccc4oc5cccc(-c6cccc7c6c6ccccc6n7-c6ccccc6)c5c4c3)n2)cc1. The molecule has 57 heavy (non-hydrogen) atoms. The number of benzene rings is 8. The summed E-state index contributed by atoms with van der Waals surface area (Å²) in [7, 11) is 0. The summed E-state index contributed by atoms with van der Waals surface area (Å²) in [6.07, 6.45) is 0. The molecule has 0 saturated heterocycles. The van der Waals surface area contributed by atoms with E-state index in [9.17, 15) is 0 Å². The number of nitrogens with zero attached hydrogens (tertiary/aromatic N) is 4. The third kappa shape index (κ3) is 4.94. The molecular formula is C51H30N4O2. The molecule has 0 radical (unpaired) electrons. The lowest BCUT2D eigenvalue weighted by molar-refractivity contribution is 0.668. The Morgan fingerprint density at radius 2 is 0.895 bits per heavy atom. The number of hydrogen-bond acceptors (Lipinski definition) is 5. The standard InChI is InChI=1S/C51H30N4O2/c1-3-13-31(14-4-1)49-52-50(54-51(53-49)33-25-27-36-35-17-8-10-23-43(35)57-46(36)30-33)32-26-28-44-40(29-32)48-38(20-12-24-45(48)56-44)37-19-11-22-42-47(37)39-18-7-9-21-41(39)55(42)34-15-5-2-6-16-34/h1-30H. The van der Waals surface area contributed by atoms with Gasteiger partial charge in [0.25, 0.3) is 0 Å². The normalized spacial score (nSPS) is 11.9. The fraction of sp³-hybridized carbons (Fsp3) is 0. The van der Waals surface area contributed by atoms with Crippen LogP contribution in [-0.4, -0.2) is 19.5 Å². The summed E-state index contributed by atoms with van der Waals surface area (Å²) in [5, 5.41) is 6.58. The zero-order chi connectivity index (χ0) is 37.5. The van der Waals surface area contributed by atoms with Gasteiger partial charge in [-0.1, -0.05) is 115 Å². The predicted molar refractivity (Wildman–Crippen MR) is 230 cm³/mol. The lowest BCUT2D eigenvalue weighted by Crippen LogP contribution is -2.00. The first-order valence-corrected chi connectivity index (χ1v) is 19.0. The fourth-order valence-corrected chi connectivity index (χ4v) is 8.50. The van der Waals surface area contributed by atoms with Gasteiger partial charge >= 0.3 is 0 Å². The molecule has 0 spiro atoms. The Labute approximate surface area is 325 Å². The van der Waals surface area contributed by atoms with Crippen LogP contribution in [0.5, 0.6) is 0 Å². The Kier molecular flexibility index (Phi) is 6.83. The number of fused-ring (bicyclic) bond motifs is 9. The van der Waals surface area contributed by atoms with Gasteiger partial charge in [-0.05, 0) is 77.9 Å². The van der Waals surface area contributed by atoms with Gasteiger partial charge < -0.3 is 13.4 Å². The van der Waals surface area contributed by atoms with Crippen molar-refractivity contribution in [3.8, 4) is 51.0 Å². The largest absolute Gasteiger partial charge is 0.456 e. The summed E-state index contributed by atoms with van der Waals surface area (Å²) in [4.78, 5) is 15.2. The van der Waals surface area contributed by atoms with Gasteiger partial charge in [-0.3, -0.25) is 0 Å². The van der Waals surface area contributed by atoms with E-state index in [0.717, 1.165) is 88.4 Å². The highest BCUT2D eigenvalue weighted by Gasteiger charge is 2.21. The summed E-state index contributed by atoms with van der Waals surface area (Å²) in [6, 6.07) is 62.7. The van der Waals surface area contributed by atoms with Gasteiger partial charge in [0, 0.05) is 54.7 Å². The average Bonchev–Trinajstić information content (AvgIpc) is 3.96. The summed E-state index contributed by atoms with van der Waals surface area (Å²) in [5.74, 6) is 1.74. The van der Waals surface area contributed by atoms with Crippen molar-refractivity contribution >= 4 is 65.7 Å². The second kappa shape index (κ2) is 12.3. The minimum absolute atomic E-state index is 0.570. The second-order valence-corrected chi connectivity index (χ2v) is 14.4. The highest BCUT2D eigenvalue weighted by molar-refractivity contribution is 6.21. The van der Waals surface area contributed by atoms with E-state index in [2.05, 4.69) is 120 Å². The second-order valence-electron chi connectivity index (χ2n) is 14.4. The summed E-state index contributed by atoms with van der Waals surface area (Å²) >= 11 is 0. The molecule has 8 aromatic carbocycles. The maximum absolute atomic E-state index is 6.56. The fourth-order valence-electron chi connectivity index (χ4n) is 8.50. The Bertz CT molecular complexity index is 3530. The van der Waals surface area contributed by atoms with E-state index in [4.69, 9.17) is 23.8 Å². The van der Waals surface area contributed by atoms with Gasteiger partial charge in [0.2, 0.25) is 0 Å². The molecule has 12 aromatic rings. The number of hydrogen-bond donors (Lipinski definition) is 0. The van der Waals surface area contributed by atoms with Crippen molar-refractivity contribution in [3.05, 3.63) is 182 Å². The smallest absolute Gasteiger partial charge is 0.164 e. The van der Waals surface area contributed by atoms with Crippen LogP contribution < -0.4 is 0 Å². The molecule has 6 nitrogen and oxygen atoms in total. The molecule has 0 N–H and O–H groups in total. The predicted octanol–water partition coefficient (Wildman–Crippen LogP) is 13.4. The van der Waals surface area contributed by atoms with Crippen molar-refractivity contribution in [3.63, 3.8) is 0 Å². The Hall–Kier alpha value is -7.83. The molecule has 4 aromatic heterocycles. The zero-order valence-corrected chi connectivity index (χ0v) is 30.4. The molecule has 0 amide bonds. The molecule has 0 unspecified atom stereocenters. The van der Waals surface area contributed by atoms with Gasteiger partial charge in [-0.15, -0.1) is 0 Å². The van der Waals surface area contributed by atoms with E-state index < -0.39 is 0 Å². The van der Waals surface area contributed by atoms with E-state index in [-0.39, 0.29) is 0 Å². The molecule has 0 atom stereocenters. The van der Waals surface area contributed by atoms with Crippen LogP contribution in [0.15, 0.2) is 191 Å². The number of furan rings is 2. The van der Waals surface area contributed by atoms with Crippen LogP contribution in [0, 0.1) is 0 Å². The zero-order valence-electron chi connectivity index (χ0n) is 30.4. The van der Waals surface area contributed by atoms with Crippen LogP contribution in [0.25, 0.3) is 117 Å². The Morgan fingerprint density at radius 3 is 1.72 bits per heavy atom. The molecule has 266 valence electrons. The van der Waals surface area contributed by atoms with Crippen LogP contribution >= 0.6 is 0 Å². The third-order valence-corrected chi connectivity index (χ3v) is 11.1. The maximum atomic E-state index is 6.56. The van der Waals surface area contributed by atoms with Crippen LogP contribution in [-0.2, 0) is 0 Å². The Morgan fingerprint density at radius 1 is 0.333 bits per heavy atom. The Balaban J connectivity index is 1.06. The van der Waals surface area contributed by atoms with Crippen molar-refractivity contribution in [1.29, 1.82) is 0 Å². The lowest BCUT2D eigenvalue weighted by atomic mass is 9.95. The van der Waals surface area contributed by atoms with Gasteiger partial charge in [0.05, 0.1) is 11.0 Å². The van der Waals surface area contributed by atoms with Crippen molar-refractivity contribution in [2.75, 3.05) is 0 Å². The van der Waals surface area contributed by atoms with Gasteiger partial charge in [-0.2, -0.15) is 0 Å². The molecule has 0 bridgehead atoms. The average molecular weight is 731 g/mol. The van der Waals surface area contributed by atoms with Crippen molar-refractivity contribution in [1.82, 2.24) is 19.5 Å². The number of rotatable bonds is 5. The highest BCUT2D eigenvalue weighted by Crippen LogP contribution is 2.44. The first kappa shape index (κ1) is 31.5. The molecular weight excluding hydrogens is 701 g/mol. The van der Waals surface area contributed by atoms with E-state index in [1.54, 1.807) is 0 Å². The molecule has 4 heterocycles. The first-order chi connectivity index (χ1) is 28.2. The van der Waals surface area contributed by atoms with Gasteiger partial charge in [0.15, 0.2) is 17.5 Å². The number of aromatic nitrogens is 4. The lowest BCUT2D eigenvalue weighted by Gasteiger charge is -2.10. The van der Waals surface area contributed by atoms with Crippen LogP contribution in [0.1, 0.15) is 0 Å². The van der Waals surface area contributed by atoms with Crippen molar-refractivity contribution < 1.29 is 8.83 Å². The van der Waals surface area contributed by atoms with E-state index >= 15 is 0 Å². The first-order valence-electron chi connectivity index (χ1n) is 19.0. The van der Waals surface area contributed by atoms with E-state index in [1.807, 2.05) is 66.7 Å². The molecule has 0 aliphatic heterocycles. The van der Waals surface area contributed by atoms with E-state index in [0.29, 0.717) is 17.5 Å². The third-order valence-electron chi connectivity index (χ3n) is 11.1. The highest BCUT2D eigenvalue weighted by atomic mass is 16.3. The summed E-state index contributed by atoms with van der Waals surface area (Å²) in [6.45, 7) is 0. The van der Waals surface area contributed by atoms with Gasteiger partial charge in [0.1, 0.15) is 22.3 Å². The van der Waals surface area contributed by atoms with E-state index in [1.165, 1.54) is 10.8 Å². The molecule has 0 aliphatic carbocycles. The van der Waals surface area contributed by atoms with Crippen LogP contribution in [0.2, 0.25) is 0 Å². The maximum Gasteiger partial charge on any atom is 0.164 e. The number of para-hydroxylation sites is 3. The molecule has 0 saturated carbocycles. The molecule has 0 aliphatic rings.